The smallest absolute Gasteiger partial charge is 0.326 e. The molecular formula is C5H11NO3. The zero-order chi connectivity index (χ0) is 7.49. The number of aliphatic hydroxyl groups is 1. The van der Waals surface area contributed by atoms with Crippen LogP contribution in [0.3, 0.4) is 0 Å². The number of carboxylic acid groups (broad SMARTS) is 1. The third kappa shape index (κ3) is 1.65. The first-order chi connectivity index (χ1) is 4.06. The number of rotatable bonds is 3. The highest BCUT2D eigenvalue weighted by molar-refractivity contribution is 5.78. The Balaban J connectivity index is 4.09. The van der Waals surface area contributed by atoms with Crippen molar-refractivity contribution in [2.24, 2.45) is 0 Å². The van der Waals surface area contributed by atoms with Crippen molar-refractivity contribution in [2.75, 3.05) is 13.7 Å². The second kappa shape index (κ2) is 2.80. The van der Waals surface area contributed by atoms with Crippen LogP contribution in [-0.4, -0.2) is 35.4 Å². The average molecular weight is 133 g/mol. The van der Waals surface area contributed by atoms with Crippen LogP contribution >= 0.6 is 0 Å². The van der Waals surface area contributed by atoms with Crippen LogP contribution in [0.2, 0.25) is 0 Å². The second-order valence-electron chi connectivity index (χ2n) is 2.05. The van der Waals surface area contributed by atoms with E-state index in [0.717, 1.165) is 0 Å². The third-order valence-corrected chi connectivity index (χ3v) is 1.34. The molecule has 0 aliphatic rings. The lowest BCUT2D eigenvalue weighted by Gasteiger charge is -2.20. The van der Waals surface area contributed by atoms with Crippen molar-refractivity contribution in [1.29, 1.82) is 0 Å². The van der Waals surface area contributed by atoms with Gasteiger partial charge < -0.3 is 15.5 Å². The van der Waals surface area contributed by atoms with Crippen molar-refractivity contribution < 1.29 is 15.0 Å². The lowest BCUT2D eigenvalue weighted by molar-refractivity contribution is -0.145. The first kappa shape index (κ1) is 8.39. The molecule has 0 radical (unpaired) electrons. The summed E-state index contributed by atoms with van der Waals surface area (Å²) in [5.74, 6) is -1.05. The molecule has 4 nitrogen and oxygen atoms in total. The topological polar surface area (TPSA) is 69.6 Å². The molecule has 0 rings (SSSR count). The normalized spacial score (nSPS) is 16.8. The van der Waals surface area contributed by atoms with E-state index in [0.29, 0.717) is 0 Å². The molecule has 0 heterocycles. The maximum absolute atomic E-state index is 10.3. The summed E-state index contributed by atoms with van der Waals surface area (Å²) in [5.41, 5.74) is -1.19. The van der Waals surface area contributed by atoms with Gasteiger partial charge in [-0.05, 0) is 14.0 Å². The van der Waals surface area contributed by atoms with Crippen molar-refractivity contribution in [2.45, 2.75) is 12.5 Å². The summed E-state index contributed by atoms with van der Waals surface area (Å²) in [7, 11) is 1.49. The lowest BCUT2D eigenvalue weighted by Crippen LogP contribution is -2.50. The van der Waals surface area contributed by atoms with E-state index in [9.17, 15) is 4.79 Å². The first-order valence-electron chi connectivity index (χ1n) is 2.60. The summed E-state index contributed by atoms with van der Waals surface area (Å²) in [4.78, 5) is 10.3. The molecule has 0 fully saturated rings. The van der Waals surface area contributed by atoms with Crippen LogP contribution in [-0.2, 0) is 4.79 Å². The van der Waals surface area contributed by atoms with Crippen LogP contribution in [0.5, 0.6) is 0 Å². The van der Waals surface area contributed by atoms with Crippen LogP contribution in [0.15, 0.2) is 0 Å². The predicted octanol–water partition coefficient (Wildman–Crippen LogP) is -0.959. The van der Waals surface area contributed by atoms with Gasteiger partial charge in [0.15, 0.2) is 0 Å². The summed E-state index contributed by atoms with van der Waals surface area (Å²) in [6, 6.07) is 0. The number of hydrogen-bond acceptors (Lipinski definition) is 3. The van der Waals surface area contributed by atoms with Crippen LogP contribution in [0.25, 0.3) is 0 Å². The average Bonchev–Trinajstić information content (AvgIpc) is 1.86. The molecule has 0 aliphatic heterocycles. The van der Waals surface area contributed by atoms with Gasteiger partial charge in [0.1, 0.15) is 5.54 Å². The quantitative estimate of drug-likeness (QED) is 0.464. The van der Waals surface area contributed by atoms with E-state index in [1.807, 2.05) is 0 Å². The van der Waals surface area contributed by atoms with Gasteiger partial charge in [0.05, 0.1) is 6.61 Å². The minimum atomic E-state index is -1.19. The van der Waals surface area contributed by atoms with Crippen LogP contribution in [0, 0.1) is 0 Å². The summed E-state index contributed by atoms with van der Waals surface area (Å²) >= 11 is 0. The Morgan fingerprint density at radius 3 is 2.22 bits per heavy atom. The van der Waals surface area contributed by atoms with Gasteiger partial charge in [0.2, 0.25) is 0 Å². The van der Waals surface area contributed by atoms with E-state index in [-0.39, 0.29) is 0 Å². The Hall–Kier alpha value is -0.610. The maximum atomic E-state index is 10.3. The number of aliphatic hydroxyl groups excluding tert-OH is 1. The SMILES string of the molecule is CNC(C)(CO)C(=O)O. The van der Waals surface area contributed by atoms with E-state index >= 15 is 0 Å². The minimum Gasteiger partial charge on any atom is -0.480 e. The monoisotopic (exact) mass is 133 g/mol. The Bertz CT molecular complexity index is 109. The summed E-state index contributed by atoms with van der Waals surface area (Å²) in [6.07, 6.45) is 0. The summed E-state index contributed by atoms with van der Waals surface area (Å²) in [5, 5.41) is 19.4. The molecule has 0 bridgehead atoms. The van der Waals surface area contributed by atoms with E-state index in [4.69, 9.17) is 10.2 Å². The predicted molar refractivity (Wildman–Crippen MR) is 32.2 cm³/mol. The van der Waals surface area contributed by atoms with Crippen LogP contribution in [0.1, 0.15) is 6.92 Å². The number of hydrogen-bond donors (Lipinski definition) is 3. The van der Waals surface area contributed by atoms with Crippen molar-refractivity contribution in [1.82, 2.24) is 5.32 Å². The molecule has 1 atom stereocenters. The van der Waals surface area contributed by atoms with E-state index < -0.39 is 18.1 Å². The fourth-order valence-corrected chi connectivity index (χ4v) is 0.254. The Morgan fingerprint density at radius 1 is 1.78 bits per heavy atom. The molecule has 54 valence electrons. The van der Waals surface area contributed by atoms with Gasteiger partial charge in [-0.2, -0.15) is 0 Å². The summed E-state index contributed by atoms with van der Waals surface area (Å²) in [6.45, 7) is 1.01. The second-order valence-corrected chi connectivity index (χ2v) is 2.05. The van der Waals surface area contributed by atoms with Gasteiger partial charge in [-0.1, -0.05) is 0 Å². The Kier molecular flexibility index (Phi) is 2.61. The molecule has 0 aromatic heterocycles. The number of carboxylic acids is 1. The molecule has 4 heteroatoms. The van der Waals surface area contributed by atoms with Crippen molar-refractivity contribution in [3.8, 4) is 0 Å². The zero-order valence-electron chi connectivity index (χ0n) is 5.51. The zero-order valence-corrected chi connectivity index (χ0v) is 5.51. The maximum Gasteiger partial charge on any atom is 0.326 e. The molecule has 1 unspecified atom stereocenters. The molecule has 0 saturated heterocycles. The minimum absolute atomic E-state index is 0.404. The van der Waals surface area contributed by atoms with E-state index in [1.165, 1.54) is 14.0 Å². The number of carbonyl (C=O) groups is 1. The van der Waals surface area contributed by atoms with Crippen LogP contribution in [0.4, 0.5) is 0 Å². The standard InChI is InChI=1S/C5H11NO3/c1-5(3-7,6-2)4(8)9/h6-7H,3H2,1-2H3,(H,8,9). The Labute approximate surface area is 53.5 Å². The molecule has 0 amide bonds. The highest BCUT2D eigenvalue weighted by Gasteiger charge is 2.29. The number of nitrogens with one attached hydrogen (secondary N) is 1. The molecule has 0 aliphatic carbocycles. The number of aliphatic carboxylic acids is 1. The van der Waals surface area contributed by atoms with Crippen molar-refractivity contribution in [3.63, 3.8) is 0 Å². The molecule has 0 aromatic rings. The van der Waals surface area contributed by atoms with Crippen molar-refractivity contribution >= 4 is 5.97 Å². The van der Waals surface area contributed by atoms with E-state index in [1.54, 1.807) is 0 Å². The largest absolute Gasteiger partial charge is 0.480 e. The van der Waals surface area contributed by atoms with Gasteiger partial charge in [0, 0.05) is 0 Å². The fourth-order valence-electron chi connectivity index (χ4n) is 0.254. The van der Waals surface area contributed by atoms with E-state index in [2.05, 4.69) is 5.32 Å². The molecule has 0 saturated carbocycles. The fraction of sp³-hybridized carbons (Fsp3) is 0.800. The lowest BCUT2D eigenvalue weighted by atomic mass is 10.1. The van der Waals surface area contributed by atoms with Crippen LogP contribution < -0.4 is 5.32 Å². The molecule has 0 aromatic carbocycles. The van der Waals surface area contributed by atoms with Crippen molar-refractivity contribution in [3.05, 3.63) is 0 Å². The number of likely N-dealkylation sites (N-methyl/N-ethyl adjacent to an activating group) is 1. The molecule has 0 spiro atoms. The molecule has 9 heavy (non-hydrogen) atoms. The molecular weight excluding hydrogens is 122 g/mol. The van der Waals surface area contributed by atoms with Gasteiger partial charge in [-0.15, -0.1) is 0 Å². The highest BCUT2D eigenvalue weighted by Crippen LogP contribution is 1.99. The first-order valence-corrected chi connectivity index (χ1v) is 2.60. The molecule has 3 N–H and O–H groups in total. The van der Waals surface area contributed by atoms with Gasteiger partial charge in [-0.3, -0.25) is 4.79 Å². The highest BCUT2D eigenvalue weighted by atomic mass is 16.4. The van der Waals surface area contributed by atoms with Gasteiger partial charge >= 0.3 is 5.97 Å². The van der Waals surface area contributed by atoms with Gasteiger partial charge in [-0.25, -0.2) is 0 Å². The third-order valence-electron chi connectivity index (χ3n) is 1.34. The summed E-state index contributed by atoms with van der Waals surface area (Å²) < 4.78 is 0. The van der Waals surface area contributed by atoms with Gasteiger partial charge in [0.25, 0.3) is 0 Å². The Morgan fingerprint density at radius 2 is 2.22 bits per heavy atom.